The zero-order valence-electron chi connectivity index (χ0n) is 20.7. The second-order valence-corrected chi connectivity index (χ2v) is 8.56. The zero-order valence-corrected chi connectivity index (χ0v) is 20.7. The normalized spacial score (nSPS) is 37.4. The Kier molecular flexibility index (Phi) is 8.87. The Labute approximate surface area is 206 Å². The molecule has 0 N–H and O–H groups in total. The van der Waals surface area contributed by atoms with Crippen LogP contribution in [0.3, 0.4) is 0 Å². The van der Waals surface area contributed by atoms with Gasteiger partial charge in [0.2, 0.25) is 0 Å². The van der Waals surface area contributed by atoms with E-state index < -0.39 is 91.3 Å². The van der Waals surface area contributed by atoms with Crippen LogP contribution in [0.15, 0.2) is 0 Å². The third-order valence-corrected chi connectivity index (χ3v) is 5.54. The van der Waals surface area contributed by atoms with E-state index in [4.69, 9.17) is 42.6 Å². The molecule has 0 aromatic heterocycles. The van der Waals surface area contributed by atoms with Gasteiger partial charge in [0.15, 0.2) is 49.2 Å². The van der Waals surface area contributed by atoms with E-state index in [-0.39, 0.29) is 6.61 Å². The fourth-order valence-corrected chi connectivity index (χ4v) is 4.37. The van der Waals surface area contributed by atoms with Crippen molar-refractivity contribution in [3.8, 4) is 0 Å². The number of esters is 5. The van der Waals surface area contributed by atoms with Crippen molar-refractivity contribution < 1.29 is 66.6 Å². The molecule has 14 heteroatoms. The van der Waals surface area contributed by atoms with Crippen LogP contribution < -0.4 is 0 Å². The molecule has 0 amide bonds. The Morgan fingerprint density at radius 3 is 1.56 bits per heavy atom. The van der Waals surface area contributed by atoms with Crippen LogP contribution in [0.5, 0.6) is 0 Å². The summed E-state index contributed by atoms with van der Waals surface area (Å²) in [5.41, 5.74) is 0. The predicted molar refractivity (Wildman–Crippen MR) is 112 cm³/mol. The first-order valence-corrected chi connectivity index (χ1v) is 11.3. The van der Waals surface area contributed by atoms with E-state index in [0.717, 1.165) is 20.8 Å². The summed E-state index contributed by atoms with van der Waals surface area (Å²) in [6.07, 6.45) is -11.4. The predicted octanol–water partition coefficient (Wildman–Crippen LogP) is -0.470. The molecule has 3 aliphatic heterocycles. The summed E-state index contributed by atoms with van der Waals surface area (Å²) < 4.78 is 50.1. The van der Waals surface area contributed by atoms with Gasteiger partial charge in [0, 0.05) is 34.6 Å². The average molecular weight is 518 g/mol. The van der Waals surface area contributed by atoms with Crippen molar-refractivity contribution in [1.82, 2.24) is 0 Å². The van der Waals surface area contributed by atoms with E-state index in [1.807, 2.05) is 0 Å². The second kappa shape index (κ2) is 11.5. The van der Waals surface area contributed by atoms with Crippen LogP contribution in [0.4, 0.5) is 0 Å². The molecule has 14 nitrogen and oxygen atoms in total. The van der Waals surface area contributed by atoms with Gasteiger partial charge in [0.25, 0.3) is 0 Å². The van der Waals surface area contributed by atoms with Gasteiger partial charge in [-0.3, -0.25) is 24.0 Å². The van der Waals surface area contributed by atoms with Gasteiger partial charge >= 0.3 is 29.8 Å². The second-order valence-electron chi connectivity index (χ2n) is 8.56. The van der Waals surface area contributed by atoms with Crippen LogP contribution in [0, 0.1) is 0 Å². The molecular formula is C22H30O14. The first-order valence-electron chi connectivity index (χ1n) is 11.3. The largest absolute Gasteiger partial charge is 0.456 e. The Bertz CT molecular complexity index is 873. The first kappa shape index (κ1) is 27.8. The van der Waals surface area contributed by atoms with Crippen molar-refractivity contribution in [1.29, 1.82) is 0 Å². The maximum absolute atomic E-state index is 11.9. The number of rotatable bonds is 7. The minimum Gasteiger partial charge on any atom is -0.456 e. The molecule has 202 valence electrons. The summed E-state index contributed by atoms with van der Waals surface area (Å²) in [6, 6.07) is 0. The molecule has 0 unspecified atom stereocenters. The van der Waals surface area contributed by atoms with Crippen LogP contribution in [0.2, 0.25) is 0 Å². The number of hydrogen-bond donors (Lipinski definition) is 0. The van der Waals surface area contributed by atoms with E-state index in [2.05, 4.69) is 0 Å². The highest BCUT2D eigenvalue weighted by molar-refractivity contribution is 5.69. The fourth-order valence-electron chi connectivity index (χ4n) is 4.37. The molecule has 2 bridgehead atoms. The Balaban J connectivity index is 1.95. The third kappa shape index (κ3) is 6.49. The molecule has 3 aliphatic rings. The van der Waals surface area contributed by atoms with Crippen molar-refractivity contribution in [2.75, 3.05) is 6.61 Å². The highest BCUT2D eigenvalue weighted by atomic mass is 16.8. The summed E-state index contributed by atoms with van der Waals surface area (Å²) in [4.78, 5) is 59.1. The van der Waals surface area contributed by atoms with Crippen LogP contribution in [-0.2, 0) is 66.6 Å². The van der Waals surface area contributed by atoms with E-state index in [1.165, 1.54) is 20.8 Å². The molecule has 0 aromatic rings. The molecule has 3 rings (SSSR count). The van der Waals surface area contributed by atoms with Crippen molar-refractivity contribution in [3.63, 3.8) is 0 Å². The van der Waals surface area contributed by atoms with Gasteiger partial charge in [-0.15, -0.1) is 0 Å². The lowest BCUT2D eigenvalue weighted by atomic mass is 9.97. The lowest BCUT2D eigenvalue weighted by Crippen LogP contribution is -2.64. The summed E-state index contributed by atoms with van der Waals surface area (Å²) in [5.74, 6) is -3.52. The molecule has 0 aliphatic carbocycles. The van der Waals surface area contributed by atoms with Crippen molar-refractivity contribution in [2.24, 2.45) is 0 Å². The molecule has 36 heavy (non-hydrogen) atoms. The van der Waals surface area contributed by atoms with Crippen LogP contribution in [-0.4, -0.2) is 97.9 Å². The van der Waals surface area contributed by atoms with E-state index in [0.29, 0.717) is 0 Å². The van der Waals surface area contributed by atoms with Crippen molar-refractivity contribution in [2.45, 2.75) is 103 Å². The molecule has 0 spiro atoms. The molecule has 10 atom stereocenters. The molecule has 0 aromatic carbocycles. The standard InChI is InChI=1S/C22H30O14/c1-8-15(30-9(2)23)17(32-11(4)25)20(34-13(6)27)22(29-8)36-19-18(33-12(5)26)16(31-10(3)24)14-7-28-21(19)35-14/h8,14-22H,7H2,1-6H3/t8-,14+,15+,16-,17+,18-,19+,20-,21+,22-/m0/s1. The summed E-state index contributed by atoms with van der Waals surface area (Å²) >= 11 is 0. The van der Waals surface area contributed by atoms with Gasteiger partial charge in [0.1, 0.15) is 6.10 Å². The molecule has 0 saturated carbocycles. The first-order chi connectivity index (χ1) is 16.9. The van der Waals surface area contributed by atoms with Crippen molar-refractivity contribution >= 4 is 29.8 Å². The van der Waals surface area contributed by atoms with Gasteiger partial charge in [0.05, 0.1) is 12.7 Å². The van der Waals surface area contributed by atoms with Gasteiger partial charge in [-0.1, -0.05) is 0 Å². The SMILES string of the molecule is CC(=O)O[C@H]1[C@@H](OC(C)=O)[C@H]2CO[C@H](O2)[C@@H]1O[C@@H]1O[C@@H](C)[C@@H](OC(C)=O)[C@@H](OC(C)=O)[C@@H]1OC(C)=O. The molecule has 0 radical (unpaired) electrons. The van der Waals surface area contributed by atoms with Gasteiger partial charge in [-0.2, -0.15) is 0 Å². The van der Waals surface area contributed by atoms with Gasteiger partial charge in [-0.05, 0) is 6.92 Å². The Hall–Kier alpha value is -2.81. The minimum atomic E-state index is -1.43. The van der Waals surface area contributed by atoms with Gasteiger partial charge in [-0.25, -0.2) is 0 Å². The highest BCUT2D eigenvalue weighted by Crippen LogP contribution is 2.37. The molecule has 3 fully saturated rings. The summed E-state index contributed by atoms with van der Waals surface area (Å²) in [5, 5.41) is 0. The average Bonchev–Trinajstić information content (AvgIpc) is 3.18. The fraction of sp³-hybridized carbons (Fsp3) is 0.773. The lowest BCUT2D eigenvalue weighted by Gasteiger charge is -2.46. The maximum atomic E-state index is 11.9. The summed E-state index contributed by atoms with van der Waals surface area (Å²) in [6.45, 7) is 7.33. The molecule has 3 saturated heterocycles. The smallest absolute Gasteiger partial charge is 0.303 e. The lowest BCUT2D eigenvalue weighted by molar-refractivity contribution is -0.343. The number of ether oxygens (including phenoxy) is 9. The number of hydrogen-bond acceptors (Lipinski definition) is 14. The Morgan fingerprint density at radius 2 is 1.03 bits per heavy atom. The monoisotopic (exact) mass is 518 g/mol. The number of carbonyl (C=O) groups is 5. The minimum absolute atomic E-state index is 0.0279. The van der Waals surface area contributed by atoms with E-state index in [1.54, 1.807) is 0 Å². The Morgan fingerprint density at radius 1 is 0.583 bits per heavy atom. The van der Waals surface area contributed by atoms with Crippen LogP contribution >= 0.6 is 0 Å². The zero-order chi connectivity index (χ0) is 26.7. The summed E-state index contributed by atoms with van der Waals surface area (Å²) in [7, 11) is 0. The van der Waals surface area contributed by atoms with E-state index in [9.17, 15) is 24.0 Å². The van der Waals surface area contributed by atoms with Crippen LogP contribution in [0.25, 0.3) is 0 Å². The third-order valence-electron chi connectivity index (χ3n) is 5.54. The topological polar surface area (TPSA) is 168 Å². The quantitative estimate of drug-likeness (QED) is 0.313. The number of fused-ring (bicyclic) bond motifs is 2. The van der Waals surface area contributed by atoms with Crippen LogP contribution in [0.1, 0.15) is 41.5 Å². The maximum Gasteiger partial charge on any atom is 0.303 e. The molecule has 3 heterocycles. The molecular weight excluding hydrogens is 488 g/mol. The van der Waals surface area contributed by atoms with Gasteiger partial charge < -0.3 is 42.6 Å². The van der Waals surface area contributed by atoms with E-state index >= 15 is 0 Å². The van der Waals surface area contributed by atoms with Crippen molar-refractivity contribution in [3.05, 3.63) is 0 Å². The highest BCUT2D eigenvalue weighted by Gasteiger charge is 2.58. The number of carbonyl (C=O) groups excluding carboxylic acids is 5.